The number of sulfonamides is 1. The summed E-state index contributed by atoms with van der Waals surface area (Å²) in [6, 6.07) is 9.34. The quantitative estimate of drug-likeness (QED) is 0.506. The van der Waals surface area contributed by atoms with E-state index in [1.165, 1.54) is 19.6 Å². The van der Waals surface area contributed by atoms with Crippen LogP contribution in [0.2, 0.25) is 0 Å². The van der Waals surface area contributed by atoms with Crippen LogP contribution in [0.3, 0.4) is 0 Å². The summed E-state index contributed by atoms with van der Waals surface area (Å²) in [4.78, 5) is 8.72. The fraction of sp³-hybridized carbons (Fsp3) is 0.238. The molecule has 0 radical (unpaired) electrons. The van der Waals surface area contributed by atoms with E-state index >= 15 is 0 Å². The Hall–Kier alpha value is -3.33. The molecule has 0 aliphatic heterocycles. The van der Waals surface area contributed by atoms with Gasteiger partial charge in [-0.1, -0.05) is 6.07 Å². The first kappa shape index (κ1) is 20.0. The Morgan fingerprint density at radius 3 is 2.63 bits per heavy atom. The maximum atomic E-state index is 12.9. The number of nitrogens with one attached hydrogen (secondary N) is 1. The van der Waals surface area contributed by atoms with Crippen molar-refractivity contribution in [2.24, 2.45) is 0 Å². The number of aryl methyl sites for hydroxylation is 1. The third-order valence-corrected chi connectivity index (χ3v) is 6.12. The Kier molecular flexibility index (Phi) is 4.98. The molecule has 0 atom stereocenters. The van der Waals surface area contributed by atoms with Gasteiger partial charge in [0.2, 0.25) is 0 Å². The van der Waals surface area contributed by atoms with Crippen LogP contribution in [-0.2, 0) is 10.0 Å². The first-order chi connectivity index (χ1) is 14.3. The van der Waals surface area contributed by atoms with Gasteiger partial charge in [-0.05, 0) is 50.6 Å². The summed E-state index contributed by atoms with van der Waals surface area (Å²) in [5, 5.41) is -0.0491. The largest absolute Gasteiger partial charge is 0.495 e. The molecule has 0 fully saturated rings. The maximum Gasteiger partial charge on any atom is 0.281 e. The normalized spacial score (nSPS) is 11.9. The summed E-state index contributed by atoms with van der Waals surface area (Å²) >= 11 is 0. The van der Waals surface area contributed by atoms with E-state index in [4.69, 9.17) is 4.74 Å². The highest BCUT2D eigenvalue weighted by atomic mass is 32.2. The average Bonchev–Trinajstić information content (AvgIpc) is 3.36. The molecule has 3 heterocycles. The summed E-state index contributed by atoms with van der Waals surface area (Å²) in [6.07, 6.45) is 6.85. The van der Waals surface area contributed by atoms with Crippen molar-refractivity contribution in [1.29, 1.82) is 0 Å². The van der Waals surface area contributed by atoms with Crippen molar-refractivity contribution in [3.63, 3.8) is 0 Å². The van der Waals surface area contributed by atoms with E-state index in [1.807, 2.05) is 55.8 Å². The van der Waals surface area contributed by atoms with Gasteiger partial charge in [-0.2, -0.15) is 8.42 Å². The lowest BCUT2D eigenvalue weighted by Gasteiger charge is -2.12. The predicted molar refractivity (Wildman–Crippen MR) is 115 cm³/mol. The van der Waals surface area contributed by atoms with E-state index in [-0.39, 0.29) is 11.1 Å². The van der Waals surface area contributed by atoms with Gasteiger partial charge in [0.1, 0.15) is 11.4 Å². The van der Waals surface area contributed by atoms with Crippen molar-refractivity contribution in [2.45, 2.75) is 31.8 Å². The fourth-order valence-corrected chi connectivity index (χ4v) is 4.18. The van der Waals surface area contributed by atoms with Crippen molar-refractivity contribution >= 4 is 21.4 Å². The molecule has 0 saturated carbocycles. The molecule has 0 aliphatic carbocycles. The molecule has 0 spiro atoms. The second-order valence-electron chi connectivity index (χ2n) is 7.32. The van der Waals surface area contributed by atoms with Crippen LogP contribution in [0.1, 0.15) is 25.5 Å². The van der Waals surface area contributed by atoms with E-state index in [0.717, 1.165) is 22.5 Å². The number of ether oxygens (including phenoxy) is 1. The van der Waals surface area contributed by atoms with E-state index in [9.17, 15) is 8.42 Å². The van der Waals surface area contributed by atoms with Gasteiger partial charge in [0, 0.05) is 30.2 Å². The zero-order valence-electron chi connectivity index (χ0n) is 17.2. The molecule has 156 valence electrons. The van der Waals surface area contributed by atoms with Gasteiger partial charge in [0.15, 0.2) is 5.03 Å². The van der Waals surface area contributed by atoms with E-state index in [0.29, 0.717) is 11.4 Å². The molecule has 4 rings (SSSR count). The Labute approximate surface area is 175 Å². The van der Waals surface area contributed by atoms with Crippen molar-refractivity contribution in [3.8, 4) is 17.0 Å². The smallest absolute Gasteiger partial charge is 0.281 e. The maximum absolute atomic E-state index is 12.9. The average molecular weight is 426 g/mol. The van der Waals surface area contributed by atoms with Gasteiger partial charge in [0.25, 0.3) is 10.0 Å². The molecule has 30 heavy (non-hydrogen) atoms. The Morgan fingerprint density at radius 2 is 1.97 bits per heavy atom. The number of fused-ring (bicyclic) bond motifs is 1. The molecule has 0 aliphatic rings. The number of methoxy groups -OCH3 is 1. The Balaban J connectivity index is 1.72. The number of benzene rings is 1. The van der Waals surface area contributed by atoms with Crippen molar-refractivity contribution in [1.82, 2.24) is 18.9 Å². The molecule has 1 N–H and O–H groups in total. The van der Waals surface area contributed by atoms with Gasteiger partial charge in [-0.25, -0.2) is 9.97 Å². The molecule has 0 unspecified atom stereocenters. The van der Waals surface area contributed by atoms with Crippen LogP contribution >= 0.6 is 0 Å². The number of pyridine rings is 1. The lowest BCUT2D eigenvalue weighted by Crippen LogP contribution is -2.14. The third kappa shape index (κ3) is 3.63. The minimum atomic E-state index is -3.88. The second kappa shape index (κ2) is 7.49. The topological polar surface area (TPSA) is 90.5 Å². The number of anilines is 1. The summed E-state index contributed by atoms with van der Waals surface area (Å²) in [6.45, 7) is 5.90. The predicted octanol–water partition coefficient (Wildman–Crippen LogP) is 3.90. The standard InChI is InChI=1S/C21H23N5O3S/c1-14(2)26-12-20(22-13-26)30(27,28)24-17-10-16(7-8-19(17)29-4)18-11-25-9-5-6-15(3)21(25)23-18/h5-14,24H,1-4H3. The summed E-state index contributed by atoms with van der Waals surface area (Å²) in [7, 11) is -2.38. The van der Waals surface area contributed by atoms with Crippen molar-refractivity contribution in [2.75, 3.05) is 11.8 Å². The lowest BCUT2D eigenvalue weighted by molar-refractivity contribution is 0.417. The highest BCUT2D eigenvalue weighted by Gasteiger charge is 2.21. The van der Waals surface area contributed by atoms with Gasteiger partial charge in [-0.15, -0.1) is 0 Å². The number of rotatable bonds is 6. The first-order valence-corrected chi connectivity index (χ1v) is 11.0. The van der Waals surface area contributed by atoms with Crippen LogP contribution in [-0.4, -0.2) is 34.5 Å². The minimum Gasteiger partial charge on any atom is -0.495 e. The Morgan fingerprint density at radius 1 is 1.17 bits per heavy atom. The summed E-state index contributed by atoms with van der Waals surface area (Å²) in [5.74, 6) is 0.408. The van der Waals surface area contributed by atoms with Crippen LogP contribution in [0, 0.1) is 6.92 Å². The molecule has 0 saturated heterocycles. The molecular formula is C21H23N5O3S. The van der Waals surface area contributed by atoms with Gasteiger partial charge in [-0.3, -0.25) is 4.72 Å². The van der Waals surface area contributed by atoms with Crippen LogP contribution in [0.25, 0.3) is 16.9 Å². The number of hydrogen-bond acceptors (Lipinski definition) is 5. The molecular weight excluding hydrogens is 402 g/mol. The zero-order valence-corrected chi connectivity index (χ0v) is 18.0. The second-order valence-corrected chi connectivity index (χ2v) is 8.95. The van der Waals surface area contributed by atoms with Crippen LogP contribution in [0.15, 0.2) is 60.3 Å². The number of imidazole rings is 2. The van der Waals surface area contributed by atoms with Gasteiger partial charge < -0.3 is 13.7 Å². The molecule has 1 aromatic carbocycles. The minimum absolute atomic E-state index is 0.0491. The van der Waals surface area contributed by atoms with E-state index < -0.39 is 10.0 Å². The van der Waals surface area contributed by atoms with Crippen molar-refractivity contribution in [3.05, 3.63) is 60.8 Å². The number of aromatic nitrogens is 4. The van der Waals surface area contributed by atoms with Gasteiger partial charge in [0.05, 0.1) is 24.8 Å². The summed E-state index contributed by atoms with van der Waals surface area (Å²) < 4.78 is 37.4. The number of nitrogens with zero attached hydrogens (tertiary/aromatic N) is 4. The monoisotopic (exact) mass is 425 g/mol. The number of hydrogen-bond donors (Lipinski definition) is 1. The lowest BCUT2D eigenvalue weighted by atomic mass is 10.1. The highest BCUT2D eigenvalue weighted by molar-refractivity contribution is 7.92. The van der Waals surface area contributed by atoms with E-state index in [2.05, 4.69) is 14.7 Å². The molecule has 0 bridgehead atoms. The van der Waals surface area contributed by atoms with Crippen molar-refractivity contribution < 1.29 is 13.2 Å². The first-order valence-electron chi connectivity index (χ1n) is 9.47. The molecule has 0 amide bonds. The third-order valence-electron chi connectivity index (χ3n) is 4.87. The van der Waals surface area contributed by atoms with Crippen LogP contribution in [0.4, 0.5) is 5.69 Å². The molecule has 3 aromatic heterocycles. The fourth-order valence-electron chi connectivity index (χ4n) is 3.18. The molecule has 8 nitrogen and oxygen atoms in total. The molecule has 4 aromatic rings. The Bertz CT molecular complexity index is 1320. The molecule has 9 heteroatoms. The highest BCUT2D eigenvalue weighted by Crippen LogP contribution is 2.32. The zero-order chi connectivity index (χ0) is 21.5. The van der Waals surface area contributed by atoms with Crippen LogP contribution in [0.5, 0.6) is 5.75 Å². The van der Waals surface area contributed by atoms with E-state index in [1.54, 1.807) is 16.7 Å². The van der Waals surface area contributed by atoms with Gasteiger partial charge >= 0.3 is 0 Å². The summed E-state index contributed by atoms with van der Waals surface area (Å²) in [5.41, 5.74) is 3.73. The SMILES string of the molecule is COc1ccc(-c2cn3cccc(C)c3n2)cc1NS(=O)(=O)c1cn(C(C)C)cn1. The van der Waals surface area contributed by atoms with Crippen LogP contribution < -0.4 is 9.46 Å².